The number of rotatable bonds is 5. The molecular formula is C17H26. The summed E-state index contributed by atoms with van der Waals surface area (Å²) >= 11 is 0. The van der Waals surface area contributed by atoms with Crippen LogP contribution in [-0.2, 0) is 19.3 Å². The van der Waals surface area contributed by atoms with E-state index in [4.69, 9.17) is 0 Å². The summed E-state index contributed by atoms with van der Waals surface area (Å²) in [6, 6.07) is 2.46. The van der Waals surface area contributed by atoms with E-state index in [-0.39, 0.29) is 0 Å². The summed E-state index contributed by atoms with van der Waals surface area (Å²) in [6.45, 7) is 6.93. The van der Waals surface area contributed by atoms with Crippen molar-refractivity contribution < 1.29 is 0 Å². The lowest BCUT2D eigenvalue weighted by molar-refractivity contribution is 0.665. The number of fused-ring (bicyclic) bond motifs is 1. The molecule has 0 saturated carbocycles. The fraction of sp³-hybridized carbons (Fsp3) is 0.647. The topological polar surface area (TPSA) is 0 Å². The van der Waals surface area contributed by atoms with E-state index < -0.39 is 0 Å². The second-order valence-corrected chi connectivity index (χ2v) is 5.60. The zero-order valence-electron chi connectivity index (χ0n) is 11.7. The van der Waals surface area contributed by atoms with Gasteiger partial charge in [-0.3, -0.25) is 0 Å². The summed E-state index contributed by atoms with van der Waals surface area (Å²) in [5, 5.41) is 0. The molecule has 0 fully saturated rings. The minimum Gasteiger partial charge on any atom is -0.0654 e. The van der Waals surface area contributed by atoms with Crippen LogP contribution in [-0.4, -0.2) is 0 Å². The van der Waals surface area contributed by atoms with Gasteiger partial charge in [-0.1, -0.05) is 32.3 Å². The van der Waals surface area contributed by atoms with Crippen molar-refractivity contribution in [2.75, 3.05) is 0 Å². The molecule has 0 amide bonds. The summed E-state index contributed by atoms with van der Waals surface area (Å²) in [5.74, 6) is 0. The molecule has 0 atom stereocenters. The Kier molecular flexibility index (Phi) is 4.25. The molecule has 0 unspecified atom stereocenters. The van der Waals surface area contributed by atoms with E-state index in [0.717, 1.165) is 0 Å². The number of hydrogen-bond donors (Lipinski definition) is 0. The van der Waals surface area contributed by atoms with Gasteiger partial charge in [0.1, 0.15) is 0 Å². The molecule has 1 aliphatic carbocycles. The van der Waals surface area contributed by atoms with Gasteiger partial charge >= 0.3 is 0 Å². The molecule has 0 spiro atoms. The highest BCUT2D eigenvalue weighted by Gasteiger charge is 2.17. The molecule has 0 heterocycles. The van der Waals surface area contributed by atoms with Crippen molar-refractivity contribution in [2.45, 2.75) is 72.1 Å². The zero-order chi connectivity index (χ0) is 12.3. The predicted molar refractivity (Wildman–Crippen MR) is 75.8 cm³/mol. The molecule has 17 heavy (non-hydrogen) atoms. The Morgan fingerprint density at radius 2 is 1.76 bits per heavy atom. The van der Waals surface area contributed by atoms with Crippen molar-refractivity contribution in [3.63, 3.8) is 0 Å². The average Bonchev–Trinajstić information content (AvgIpc) is 2.80. The minimum atomic E-state index is 1.29. The van der Waals surface area contributed by atoms with Crippen LogP contribution in [0.3, 0.4) is 0 Å². The molecule has 0 saturated heterocycles. The molecule has 0 N–H and O–H groups in total. The molecule has 0 radical (unpaired) electrons. The molecule has 94 valence electrons. The Balaban J connectivity index is 2.10. The maximum Gasteiger partial charge on any atom is -0.0270 e. The van der Waals surface area contributed by atoms with Gasteiger partial charge in [-0.15, -0.1) is 0 Å². The standard InChI is InChI=1S/C17H26/c1-4-5-6-7-9-15-12-13(2)16-10-8-11-17(16)14(15)3/h12H,4-11H2,1-3H3. The molecule has 2 rings (SSSR count). The van der Waals surface area contributed by atoms with E-state index in [2.05, 4.69) is 26.8 Å². The van der Waals surface area contributed by atoms with Crippen molar-refractivity contribution in [2.24, 2.45) is 0 Å². The quantitative estimate of drug-likeness (QED) is 0.630. The predicted octanol–water partition coefficient (Wildman–Crippen LogP) is 4.91. The Hall–Kier alpha value is -0.780. The Bertz CT molecular complexity index is 388. The van der Waals surface area contributed by atoms with Gasteiger partial charge in [0.2, 0.25) is 0 Å². The lowest BCUT2D eigenvalue weighted by Gasteiger charge is -2.14. The highest BCUT2D eigenvalue weighted by Crippen LogP contribution is 2.31. The largest absolute Gasteiger partial charge is 0.0654 e. The fourth-order valence-electron chi connectivity index (χ4n) is 3.25. The number of hydrogen-bond acceptors (Lipinski definition) is 0. The van der Waals surface area contributed by atoms with Crippen molar-refractivity contribution in [3.8, 4) is 0 Å². The zero-order valence-corrected chi connectivity index (χ0v) is 11.7. The second-order valence-electron chi connectivity index (χ2n) is 5.60. The van der Waals surface area contributed by atoms with Crippen LogP contribution >= 0.6 is 0 Å². The maximum absolute atomic E-state index is 2.46. The Morgan fingerprint density at radius 1 is 1.00 bits per heavy atom. The minimum absolute atomic E-state index is 1.29. The van der Waals surface area contributed by atoms with Gasteiger partial charge in [0, 0.05) is 0 Å². The van der Waals surface area contributed by atoms with Crippen LogP contribution in [0.2, 0.25) is 0 Å². The molecule has 0 bridgehead atoms. The molecule has 0 nitrogen and oxygen atoms in total. The van der Waals surface area contributed by atoms with Crippen LogP contribution in [0.15, 0.2) is 6.07 Å². The third-order valence-corrected chi connectivity index (χ3v) is 4.32. The van der Waals surface area contributed by atoms with E-state index in [1.807, 2.05) is 0 Å². The molecule has 0 aliphatic heterocycles. The first kappa shape index (κ1) is 12.7. The van der Waals surface area contributed by atoms with Gasteiger partial charge in [-0.05, 0) is 73.8 Å². The van der Waals surface area contributed by atoms with Gasteiger partial charge in [-0.2, -0.15) is 0 Å². The molecule has 1 aliphatic rings. The van der Waals surface area contributed by atoms with Gasteiger partial charge in [0.15, 0.2) is 0 Å². The first-order valence-corrected chi connectivity index (χ1v) is 7.35. The molecular weight excluding hydrogens is 204 g/mol. The summed E-state index contributed by atoms with van der Waals surface area (Å²) in [4.78, 5) is 0. The van der Waals surface area contributed by atoms with E-state index in [9.17, 15) is 0 Å². The Labute approximate surface area is 106 Å². The van der Waals surface area contributed by atoms with Crippen molar-refractivity contribution in [1.82, 2.24) is 0 Å². The third kappa shape index (κ3) is 2.73. The van der Waals surface area contributed by atoms with Crippen LogP contribution in [0.25, 0.3) is 0 Å². The Morgan fingerprint density at radius 3 is 2.53 bits per heavy atom. The summed E-state index contributed by atoms with van der Waals surface area (Å²) in [5.41, 5.74) is 8.14. The van der Waals surface area contributed by atoms with Gasteiger partial charge in [-0.25, -0.2) is 0 Å². The maximum atomic E-state index is 2.46. The number of benzene rings is 1. The first-order chi connectivity index (χ1) is 8.24. The van der Waals surface area contributed by atoms with Crippen LogP contribution in [0.1, 0.15) is 66.8 Å². The van der Waals surface area contributed by atoms with Gasteiger partial charge in [0.05, 0.1) is 0 Å². The normalized spacial score (nSPS) is 14.1. The van der Waals surface area contributed by atoms with E-state index >= 15 is 0 Å². The van der Waals surface area contributed by atoms with Crippen LogP contribution in [0.4, 0.5) is 0 Å². The van der Waals surface area contributed by atoms with Crippen LogP contribution in [0, 0.1) is 13.8 Å². The first-order valence-electron chi connectivity index (χ1n) is 7.35. The van der Waals surface area contributed by atoms with Crippen LogP contribution in [0.5, 0.6) is 0 Å². The summed E-state index contributed by atoms with van der Waals surface area (Å²) in [7, 11) is 0. The monoisotopic (exact) mass is 230 g/mol. The highest BCUT2D eigenvalue weighted by atomic mass is 14.2. The van der Waals surface area contributed by atoms with Gasteiger partial charge < -0.3 is 0 Å². The van der Waals surface area contributed by atoms with Crippen molar-refractivity contribution in [3.05, 3.63) is 33.9 Å². The molecule has 0 aromatic heterocycles. The van der Waals surface area contributed by atoms with E-state index in [0.29, 0.717) is 0 Å². The van der Waals surface area contributed by atoms with Crippen molar-refractivity contribution in [1.29, 1.82) is 0 Å². The van der Waals surface area contributed by atoms with E-state index in [1.54, 1.807) is 27.8 Å². The third-order valence-electron chi connectivity index (χ3n) is 4.32. The van der Waals surface area contributed by atoms with E-state index in [1.165, 1.54) is 51.4 Å². The highest BCUT2D eigenvalue weighted by molar-refractivity contribution is 5.47. The summed E-state index contributed by atoms with van der Waals surface area (Å²) in [6.07, 6.45) is 10.8. The second kappa shape index (κ2) is 5.71. The summed E-state index contributed by atoms with van der Waals surface area (Å²) < 4.78 is 0. The molecule has 1 aromatic rings. The van der Waals surface area contributed by atoms with Crippen LogP contribution < -0.4 is 0 Å². The smallest absolute Gasteiger partial charge is 0.0270 e. The molecule has 1 aromatic carbocycles. The number of unbranched alkanes of at least 4 members (excludes halogenated alkanes) is 3. The molecule has 0 heteroatoms. The fourth-order valence-corrected chi connectivity index (χ4v) is 3.25. The number of aryl methyl sites for hydroxylation is 2. The van der Waals surface area contributed by atoms with Crippen molar-refractivity contribution >= 4 is 0 Å². The SMILES string of the molecule is CCCCCCc1cc(C)c2c(c1C)CCC2. The average molecular weight is 230 g/mol. The lowest BCUT2D eigenvalue weighted by Crippen LogP contribution is -1.99. The van der Waals surface area contributed by atoms with Gasteiger partial charge in [0.25, 0.3) is 0 Å². The lowest BCUT2D eigenvalue weighted by atomic mass is 9.92.